The van der Waals surface area contributed by atoms with Crippen LogP contribution >= 0.6 is 0 Å². The molecule has 0 saturated heterocycles. The summed E-state index contributed by atoms with van der Waals surface area (Å²) in [7, 11) is 1.36. The Balaban J connectivity index is 1.76. The predicted octanol–water partition coefficient (Wildman–Crippen LogP) is 4.83. The molecule has 0 radical (unpaired) electrons. The standard InChI is InChI=1S/C22H17FN2O2/c1-27-22(26)18-6-4-15(5-7-18)14-25-20-13-19(23)11-10-16(20)8-9-17-3-2-12-24-21(17)25/h2-13H,14H2,1H3. The third-order valence-corrected chi connectivity index (χ3v) is 4.51. The molecule has 2 heterocycles. The van der Waals surface area contributed by atoms with Gasteiger partial charge in [0.1, 0.15) is 11.6 Å². The summed E-state index contributed by atoms with van der Waals surface area (Å²) < 4.78 is 18.7. The fraction of sp³-hybridized carbons (Fsp3) is 0.0909. The molecule has 134 valence electrons. The molecule has 5 heteroatoms. The van der Waals surface area contributed by atoms with E-state index in [-0.39, 0.29) is 11.8 Å². The van der Waals surface area contributed by atoms with Crippen LogP contribution in [-0.4, -0.2) is 18.1 Å². The van der Waals surface area contributed by atoms with Crippen LogP contribution in [0.1, 0.15) is 27.0 Å². The molecule has 4 rings (SSSR count). The van der Waals surface area contributed by atoms with Crippen LogP contribution in [0, 0.1) is 5.82 Å². The Kier molecular flexibility index (Phi) is 4.42. The number of anilines is 2. The van der Waals surface area contributed by atoms with Gasteiger partial charge in [-0.05, 0) is 53.6 Å². The highest BCUT2D eigenvalue weighted by atomic mass is 19.1. The molecule has 0 atom stereocenters. The topological polar surface area (TPSA) is 42.4 Å². The Hall–Kier alpha value is -3.47. The number of carbonyl (C=O) groups excluding carboxylic acids is 1. The minimum absolute atomic E-state index is 0.299. The van der Waals surface area contributed by atoms with Crippen LogP contribution in [0.5, 0.6) is 0 Å². The fourth-order valence-corrected chi connectivity index (χ4v) is 3.16. The number of esters is 1. The quantitative estimate of drug-likeness (QED) is 0.628. The second-order valence-electron chi connectivity index (χ2n) is 6.23. The van der Waals surface area contributed by atoms with Crippen LogP contribution in [0.2, 0.25) is 0 Å². The molecule has 1 aromatic heterocycles. The molecule has 0 fully saturated rings. The maximum absolute atomic E-state index is 14.0. The first-order chi connectivity index (χ1) is 13.2. The molecular formula is C22H17FN2O2. The van der Waals surface area contributed by atoms with Crippen molar-refractivity contribution in [3.8, 4) is 0 Å². The lowest BCUT2D eigenvalue weighted by Crippen LogP contribution is -2.19. The molecular weight excluding hydrogens is 343 g/mol. The number of methoxy groups -OCH3 is 1. The molecule has 2 aromatic carbocycles. The average Bonchev–Trinajstić information content (AvgIpc) is 2.85. The van der Waals surface area contributed by atoms with E-state index in [4.69, 9.17) is 4.74 Å². The molecule has 0 spiro atoms. The van der Waals surface area contributed by atoms with Crippen molar-refractivity contribution in [3.63, 3.8) is 0 Å². The van der Waals surface area contributed by atoms with Gasteiger partial charge in [-0.3, -0.25) is 0 Å². The molecule has 0 unspecified atom stereocenters. The van der Waals surface area contributed by atoms with Gasteiger partial charge in [0.25, 0.3) is 0 Å². The second kappa shape index (κ2) is 7.03. The van der Waals surface area contributed by atoms with Gasteiger partial charge in [-0.1, -0.05) is 24.3 Å². The predicted molar refractivity (Wildman–Crippen MR) is 103 cm³/mol. The highest BCUT2D eigenvalue weighted by Crippen LogP contribution is 2.36. The summed E-state index contributed by atoms with van der Waals surface area (Å²) in [6.45, 7) is 0.490. The van der Waals surface area contributed by atoms with E-state index in [1.807, 2.05) is 41.3 Å². The summed E-state index contributed by atoms with van der Waals surface area (Å²) in [6, 6.07) is 15.8. The number of halogens is 1. The Morgan fingerprint density at radius 1 is 1.07 bits per heavy atom. The fourth-order valence-electron chi connectivity index (χ4n) is 3.16. The summed E-state index contributed by atoms with van der Waals surface area (Å²) in [5.74, 6) is 0.0858. The second-order valence-corrected chi connectivity index (χ2v) is 6.23. The number of hydrogen-bond donors (Lipinski definition) is 0. The van der Waals surface area contributed by atoms with Crippen molar-refractivity contribution in [2.75, 3.05) is 12.0 Å². The van der Waals surface area contributed by atoms with Gasteiger partial charge in [0.15, 0.2) is 0 Å². The van der Waals surface area contributed by atoms with Crippen molar-refractivity contribution < 1.29 is 13.9 Å². The van der Waals surface area contributed by atoms with Crippen LogP contribution in [0.15, 0.2) is 60.8 Å². The van der Waals surface area contributed by atoms with E-state index in [0.29, 0.717) is 12.1 Å². The van der Waals surface area contributed by atoms with E-state index in [1.54, 1.807) is 24.4 Å². The van der Waals surface area contributed by atoms with E-state index >= 15 is 0 Å². The van der Waals surface area contributed by atoms with Crippen molar-refractivity contribution in [3.05, 3.63) is 88.9 Å². The van der Waals surface area contributed by atoms with E-state index in [2.05, 4.69) is 4.98 Å². The summed E-state index contributed by atoms with van der Waals surface area (Å²) in [5, 5.41) is 0. The molecule has 27 heavy (non-hydrogen) atoms. The molecule has 0 aliphatic carbocycles. The summed E-state index contributed by atoms with van der Waals surface area (Å²) >= 11 is 0. The van der Waals surface area contributed by atoms with Crippen LogP contribution in [0.4, 0.5) is 15.9 Å². The minimum atomic E-state index is -0.375. The zero-order chi connectivity index (χ0) is 18.8. The maximum Gasteiger partial charge on any atom is 0.337 e. The van der Waals surface area contributed by atoms with E-state index in [9.17, 15) is 9.18 Å². The van der Waals surface area contributed by atoms with Crippen molar-refractivity contribution >= 4 is 29.6 Å². The van der Waals surface area contributed by atoms with Crippen molar-refractivity contribution in [2.24, 2.45) is 0 Å². The molecule has 1 aliphatic heterocycles. The SMILES string of the molecule is COC(=O)c1ccc(CN2c3cc(F)ccc3C=Cc3cccnc32)cc1. The first kappa shape index (κ1) is 17.0. The number of fused-ring (bicyclic) bond motifs is 2. The highest BCUT2D eigenvalue weighted by Gasteiger charge is 2.20. The number of pyridine rings is 1. The lowest BCUT2D eigenvalue weighted by molar-refractivity contribution is 0.0600. The number of aromatic nitrogens is 1. The Morgan fingerprint density at radius 2 is 1.85 bits per heavy atom. The smallest absolute Gasteiger partial charge is 0.337 e. The van der Waals surface area contributed by atoms with E-state index < -0.39 is 0 Å². The Bertz CT molecular complexity index is 1030. The number of rotatable bonds is 3. The molecule has 1 aliphatic rings. The van der Waals surface area contributed by atoms with Crippen LogP contribution < -0.4 is 4.90 Å². The number of benzene rings is 2. The van der Waals surface area contributed by atoms with Crippen molar-refractivity contribution in [1.82, 2.24) is 4.98 Å². The molecule has 0 bridgehead atoms. The van der Waals surface area contributed by atoms with Crippen LogP contribution in [0.25, 0.3) is 12.2 Å². The minimum Gasteiger partial charge on any atom is -0.465 e. The van der Waals surface area contributed by atoms with Gasteiger partial charge >= 0.3 is 5.97 Å². The molecule has 0 amide bonds. The highest BCUT2D eigenvalue weighted by molar-refractivity contribution is 5.89. The third kappa shape index (κ3) is 3.31. The summed E-state index contributed by atoms with van der Waals surface area (Å²) in [5.41, 5.74) is 4.08. The van der Waals surface area contributed by atoms with Gasteiger partial charge in [0.05, 0.1) is 18.4 Å². The third-order valence-electron chi connectivity index (χ3n) is 4.51. The number of carbonyl (C=O) groups is 1. The van der Waals surface area contributed by atoms with Gasteiger partial charge in [0, 0.05) is 18.3 Å². The normalized spacial score (nSPS) is 12.1. The Labute approximate surface area is 156 Å². The lowest BCUT2D eigenvalue weighted by atomic mass is 10.1. The molecule has 0 saturated carbocycles. The van der Waals surface area contributed by atoms with Gasteiger partial charge in [0.2, 0.25) is 0 Å². The van der Waals surface area contributed by atoms with Crippen molar-refractivity contribution in [2.45, 2.75) is 6.54 Å². The average molecular weight is 360 g/mol. The molecule has 4 nitrogen and oxygen atoms in total. The van der Waals surface area contributed by atoms with Gasteiger partial charge in [-0.2, -0.15) is 0 Å². The Morgan fingerprint density at radius 3 is 2.63 bits per heavy atom. The summed E-state index contributed by atoms with van der Waals surface area (Å²) in [6.07, 6.45) is 5.68. The monoisotopic (exact) mass is 360 g/mol. The van der Waals surface area contributed by atoms with E-state index in [1.165, 1.54) is 19.2 Å². The first-order valence-electron chi connectivity index (χ1n) is 8.53. The number of nitrogens with zero attached hydrogens (tertiary/aromatic N) is 2. The lowest BCUT2D eigenvalue weighted by Gasteiger charge is -2.26. The summed E-state index contributed by atoms with van der Waals surface area (Å²) in [4.78, 5) is 18.1. The first-order valence-corrected chi connectivity index (χ1v) is 8.53. The molecule has 3 aromatic rings. The van der Waals surface area contributed by atoms with Gasteiger partial charge in [-0.15, -0.1) is 0 Å². The number of ether oxygens (including phenoxy) is 1. The van der Waals surface area contributed by atoms with Gasteiger partial charge in [-0.25, -0.2) is 14.2 Å². The zero-order valence-electron chi connectivity index (χ0n) is 14.7. The largest absolute Gasteiger partial charge is 0.465 e. The van der Waals surface area contributed by atoms with E-state index in [0.717, 1.165) is 28.2 Å². The van der Waals surface area contributed by atoms with Crippen LogP contribution in [-0.2, 0) is 11.3 Å². The number of hydrogen-bond acceptors (Lipinski definition) is 4. The zero-order valence-corrected chi connectivity index (χ0v) is 14.7. The van der Waals surface area contributed by atoms with Crippen LogP contribution in [0.3, 0.4) is 0 Å². The maximum atomic E-state index is 14.0. The van der Waals surface area contributed by atoms with Crippen molar-refractivity contribution in [1.29, 1.82) is 0 Å². The molecule has 0 N–H and O–H groups in total. The van der Waals surface area contributed by atoms with Gasteiger partial charge < -0.3 is 9.64 Å².